The summed E-state index contributed by atoms with van der Waals surface area (Å²) in [6.45, 7) is 3.05. The second-order valence-electron chi connectivity index (χ2n) is 3.73. The number of hydrogen-bond acceptors (Lipinski definition) is 2. The van der Waals surface area contributed by atoms with E-state index in [0.717, 1.165) is 0 Å². The van der Waals surface area contributed by atoms with Crippen LogP contribution >= 0.6 is 39.7 Å². The predicted molar refractivity (Wildman–Crippen MR) is 82.1 cm³/mol. The van der Waals surface area contributed by atoms with Crippen LogP contribution in [0.4, 0.5) is 0 Å². The summed E-state index contributed by atoms with van der Waals surface area (Å²) in [4.78, 5) is 14.4. The highest BCUT2D eigenvalue weighted by Crippen LogP contribution is 2.22. The Morgan fingerprint density at radius 2 is 2.22 bits per heavy atom. The molecule has 0 fully saturated rings. The molecule has 0 unspecified atom stereocenters. The quantitative estimate of drug-likeness (QED) is 0.830. The Balaban J connectivity index is 2.86. The van der Waals surface area contributed by atoms with Crippen LogP contribution in [0.2, 0.25) is 5.02 Å². The van der Waals surface area contributed by atoms with Crippen LogP contribution in [0.5, 0.6) is 0 Å². The van der Waals surface area contributed by atoms with Gasteiger partial charge in [0.05, 0.1) is 10.6 Å². The molecule has 0 aliphatic rings. The van der Waals surface area contributed by atoms with Crippen LogP contribution in [0.3, 0.4) is 0 Å². The lowest BCUT2D eigenvalue weighted by atomic mass is 10.2. The van der Waals surface area contributed by atoms with Crippen molar-refractivity contribution in [2.45, 2.75) is 13.3 Å². The maximum Gasteiger partial charge on any atom is 0.255 e. The number of carbonyl (C=O) groups is 1. The summed E-state index contributed by atoms with van der Waals surface area (Å²) in [7, 11) is 0. The Labute approximate surface area is 125 Å². The fourth-order valence-corrected chi connectivity index (χ4v) is 2.43. The number of halogens is 2. The summed E-state index contributed by atoms with van der Waals surface area (Å²) >= 11 is 14.0. The zero-order valence-electron chi connectivity index (χ0n) is 9.95. The smallest absolute Gasteiger partial charge is 0.255 e. The molecule has 0 saturated carbocycles. The van der Waals surface area contributed by atoms with Crippen molar-refractivity contribution in [3.63, 3.8) is 0 Å². The van der Waals surface area contributed by atoms with Crippen molar-refractivity contribution in [3.8, 4) is 0 Å². The molecule has 0 aliphatic carbocycles. The molecule has 1 aromatic carbocycles. The Morgan fingerprint density at radius 1 is 1.56 bits per heavy atom. The molecule has 0 aromatic heterocycles. The molecular formula is C12H14BrClN2OS. The van der Waals surface area contributed by atoms with Gasteiger partial charge in [-0.1, -0.05) is 23.8 Å². The van der Waals surface area contributed by atoms with E-state index in [2.05, 4.69) is 15.9 Å². The van der Waals surface area contributed by atoms with Crippen LogP contribution in [0.15, 0.2) is 22.7 Å². The minimum absolute atomic E-state index is 0.0581. The summed E-state index contributed by atoms with van der Waals surface area (Å²) in [6.07, 6.45) is 0.528. The van der Waals surface area contributed by atoms with Crippen molar-refractivity contribution < 1.29 is 4.79 Å². The number of rotatable bonds is 5. The highest BCUT2D eigenvalue weighted by molar-refractivity contribution is 9.10. The Hall–Kier alpha value is -0.650. The SMILES string of the molecule is CCN(CCC(N)=S)C(=O)c1ccc(Cl)cc1Br. The number of nitrogens with zero attached hydrogens (tertiary/aromatic N) is 1. The molecule has 3 nitrogen and oxygen atoms in total. The number of thiocarbonyl (C=S) groups is 1. The first-order chi connectivity index (χ1) is 8.45. The van der Waals surface area contributed by atoms with E-state index in [0.29, 0.717) is 39.6 Å². The van der Waals surface area contributed by atoms with Crippen LogP contribution in [-0.2, 0) is 0 Å². The van der Waals surface area contributed by atoms with Gasteiger partial charge in [0.1, 0.15) is 0 Å². The normalized spacial score (nSPS) is 10.2. The maximum absolute atomic E-state index is 12.3. The molecule has 0 aliphatic heterocycles. The third kappa shape index (κ3) is 4.23. The highest BCUT2D eigenvalue weighted by Gasteiger charge is 2.16. The molecular weight excluding hydrogens is 336 g/mol. The largest absolute Gasteiger partial charge is 0.393 e. The first-order valence-electron chi connectivity index (χ1n) is 5.48. The third-order valence-corrected chi connectivity index (χ3v) is 3.55. The van der Waals surface area contributed by atoms with Crippen molar-refractivity contribution in [2.24, 2.45) is 5.73 Å². The van der Waals surface area contributed by atoms with Gasteiger partial charge in [0.2, 0.25) is 0 Å². The number of amides is 1. The van der Waals surface area contributed by atoms with E-state index in [1.807, 2.05) is 6.92 Å². The molecule has 0 spiro atoms. The van der Waals surface area contributed by atoms with Crippen molar-refractivity contribution in [1.82, 2.24) is 4.90 Å². The van der Waals surface area contributed by atoms with Gasteiger partial charge in [-0.15, -0.1) is 0 Å². The molecule has 6 heteroatoms. The summed E-state index contributed by atoms with van der Waals surface area (Å²) in [5.41, 5.74) is 6.04. The van der Waals surface area contributed by atoms with E-state index in [-0.39, 0.29) is 5.91 Å². The number of nitrogens with two attached hydrogens (primary N) is 1. The van der Waals surface area contributed by atoms with Crippen molar-refractivity contribution in [1.29, 1.82) is 0 Å². The fourth-order valence-electron chi connectivity index (χ4n) is 1.48. The Morgan fingerprint density at radius 3 is 2.72 bits per heavy atom. The van der Waals surface area contributed by atoms with Gasteiger partial charge < -0.3 is 10.6 Å². The molecule has 0 bridgehead atoms. The van der Waals surface area contributed by atoms with E-state index in [1.165, 1.54) is 0 Å². The summed E-state index contributed by atoms with van der Waals surface area (Å²) in [5, 5.41) is 0.588. The number of hydrogen-bond donors (Lipinski definition) is 1. The van der Waals surface area contributed by atoms with E-state index < -0.39 is 0 Å². The zero-order valence-corrected chi connectivity index (χ0v) is 13.1. The van der Waals surface area contributed by atoms with E-state index in [4.69, 9.17) is 29.6 Å². The van der Waals surface area contributed by atoms with Crippen LogP contribution in [0.1, 0.15) is 23.7 Å². The van der Waals surface area contributed by atoms with Crippen molar-refractivity contribution in [2.75, 3.05) is 13.1 Å². The lowest BCUT2D eigenvalue weighted by Gasteiger charge is -2.21. The van der Waals surface area contributed by atoms with Crippen molar-refractivity contribution >= 4 is 50.6 Å². The molecule has 1 aromatic rings. The maximum atomic E-state index is 12.3. The van der Waals surface area contributed by atoms with Gasteiger partial charge in [-0.25, -0.2) is 0 Å². The highest BCUT2D eigenvalue weighted by atomic mass is 79.9. The standard InChI is InChI=1S/C12H14BrClN2OS/c1-2-16(6-5-11(15)18)12(17)9-4-3-8(14)7-10(9)13/h3-4,7H,2,5-6H2,1H3,(H2,15,18). The zero-order chi connectivity index (χ0) is 13.7. The number of carbonyl (C=O) groups excluding carboxylic acids is 1. The molecule has 98 valence electrons. The third-order valence-electron chi connectivity index (χ3n) is 2.46. The van der Waals surface area contributed by atoms with E-state index in [1.54, 1.807) is 23.1 Å². The number of benzene rings is 1. The first kappa shape index (κ1) is 15.4. The van der Waals surface area contributed by atoms with Crippen LogP contribution in [0.25, 0.3) is 0 Å². The summed E-state index contributed by atoms with van der Waals surface area (Å²) in [6, 6.07) is 5.11. The summed E-state index contributed by atoms with van der Waals surface area (Å²) in [5.74, 6) is -0.0581. The monoisotopic (exact) mass is 348 g/mol. The van der Waals surface area contributed by atoms with Crippen LogP contribution in [0, 0.1) is 0 Å². The average molecular weight is 350 g/mol. The Bertz CT molecular complexity index is 467. The minimum atomic E-state index is -0.0581. The van der Waals surface area contributed by atoms with Crippen LogP contribution < -0.4 is 5.73 Å². The topological polar surface area (TPSA) is 46.3 Å². The first-order valence-corrected chi connectivity index (χ1v) is 7.06. The van der Waals surface area contributed by atoms with Gasteiger partial charge in [-0.05, 0) is 41.1 Å². The Kier molecular flexibility index (Phi) is 6.05. The molecule has 0 atom stereocenters. The average Bonchev–Trinajstić information content (AvgIpc) is 2.29. The van der Waals surface area contributed by atoms with Gasteiger partial charge in [-0.2, -0.15) is 0 Å². The minimum Gasteiger partial charge on any atom is -0.393 e. The molecule has 0 saturated heterocycles. The lowest BCUT2D eigenvalue weighted by molar-refractivity contribution is 0.0768. The van der Waals surface area contributed by atoms with Gasteiger partial charge in [0, 0.05) is 29.0 Å². The van der Waals surface area contributed by atoms with Gasteiger partial charge >= 0.3 is 0 Å². The molecule has 2 N–H and O–H groups in total. The van der Waals surface area contributed by atoms with Crippen LogP contribution in [-0.4, -0.2) is 28.9 Å². The van der Waals surface area contributed by atoms with Gasteiger partial charge in [0.15, 0.2) is 0 Å². The second-order valence-corrected chi connectivity index (χ2v) is 5.54. The molecule has 1 amide bonds. The molecule has 1 rings (SSSR count). The second kappa shape index (κ2) is 7.07. The van der Waals surface area contributed by atoms with E-state index in [9.17, 15) is 4.79 Å². The van der Waals surface area contributed by atoms with Gasteiger partial charge in [-0.3, -0.25) is 4.79 Å². The lowest BCUT2D eigenvalue weighted by Crippen LogP contribution is -2.33. The summed E-state index contributed by atoms with van der Waals surface area (Å²) < 4.78 is 0.689. The molecule has 0 radical (unpaired) electrons. The molecule has 18 heavy (non-hydrogen) atoms. The predicted octanol–water partition coefficient (Wildman–Crippen LogP) is 3.24. The van der Waals surface area contributed by atoms with Gasteiger partial charge in [0.25, 0.3) is 5.91 Å². The van der Waals surface area contributed by atoms with E-state index >= 15 is 0 Å². The fraction of sp³-hybridized carbons (Fsp3) is 0.333. The van der Waals surface area contributed by atoms with Crippen molar-refractivity contribution in [3.05, 3.63) is 33.3 Å². The molecule has 0 heterocycles.